The zero-order valence-electron chi connectivity index (χ0n) is 21.1. The third kappa shape index (κ3) is 7.22. The molecule has 2 amide bonds. The summed E-state index contributed by atoms with van der Waals surface area (Å²) in [5.41, 5.74) is 2.11. The lowest BCUT2D eigenvalue weighted by Gasteiger charge is -2.32. The average Bonchev–Trinajstić information content (AvgIpc) is 2.91. The van der Waals surface area contributed by atoms with Gasteiger partial charge in [0, 0.05) is 33.1 Å². The van der Waals surface area contributed by atoms with Gasteiger partial charge in [0.1, 0.15) is 12.1 Å². The first kappa shape index (κ1) is 28.3. The van der Waals surface area contributed by atoms with Gasteiger partial charge in [0.2, 0.25) is 11.8 Å². The summed E-state index contributed by atoms with van der Waals surface area (Å²) in [6.45, 7) is 3.87. The average molecular weight is 565 g/mol. The smallest absolute Gasteiger partial charge is 0.302 e. The molecule has 0 saturated carbocycles. The first-order valence-corrected chi connectivity index (χ1v) is 13.4. The van der Waals surface area contributed by atoms with Crippen molar-refractivity contribution in [2.45, 2.75) is 57.3 Å². The molecule has 38 heavy (non-hydrogen) atoms. The lowest BCUT2D eigenvalue weighted by atomic mass is 9.95. The Hall–Kier alpha value is -2.72. The second-order valence-electron chi connectivity index (χ2n) is 9.62. The normalized spacial score (nSPS) is 18.8. The molecule has 1 fully saturated rings. The molecule has 2 heterocycles. The highest BCUT2D eigenvalue weighted by atomic mass is 35.5. The summed E-state index contributed by atoms with van der Waals surface area (Å²) >= 11 is 11.8. The molecule has 3 N–H and O–H groups in total. The quantitative estimate of drug-likeness (QED) is 0.334. The van der Waals surface area contributed by atoms with E-state index in [9.17, 15) is 18.8 Å². The van der Waals surface area contributed by atoms with Crippen LogP contribution in [-0.4, -0.2) is 60.5 Å². The van der Waals surface area contributed by atoms with Crippen LogP contribution >= 0.6 is 23.2 Å². The van der Waals surface area contributed by atoms with Gasteiger partial charge in [-0.2, -0.15) is 0 Å². The lowest BCUT2D eigenvalue weighted by Crippen LogP contribution is -2.54. The number of likely N-dealkylation sites (tertiary alicyclic amines) is 1. The van der Waals surface area contributed by atoms with Crippen molar-refractivity contribution in [3.05, 3.63) is 63.4 Å². The molecule has 8 nitrogen and oxygen atoms in total. The summed E-state index contributed by atoms with van der Waals surface area (Å²) in [7, 11) is 0. The third-order valence-corrected chi connectivity index (χ3v) is 7.71. The predicted molar refractivity (Wildman–Crippen MR) is 144 cm³/mol. The molecule has 11 heteroatoms. The Morgan fingerprint density at radius 2 is 1.84 bits per heavy atom. The Kier molecular flexibility index (Phi) is 9.59. The van der Waals surface area contributed by atoms with Gasteiger partial charge in [0.25, 0.3) is 0 Å². The molecule has 4 rings (SSSR count). The second-order valence-corrected chi connectivity index (χ2v) is 10.4. The maximum atomic E-state index is 14.6. The molecular weight excluding hydrogens is 534 g/mol. The first-order valence-electron chi connectivity index (χ1n) is 12.7. The number of halogens is 3. The van der Waals surface area contributed by atoms with Gasteiger partial charge in [-0.3, -0.25) is 14.4 Å². The molecular formula is C27H31Cl2FN4O4. The largest absolute Gasteiger partial charge is 0.462 e. The fraction of sp³-hybridized carbons (Fsp3) is 0.444. The number of carbonyl (C=O) groups excluding carboxylic acids is 3. The topological polar surface area (TPSA) is 99.8 Å². The van der Waals surface area contributed by atoms with Crippen LogP contribution in [0.3, 0.4) is 0 Å². The van der Waals surface area contributed by atoms with E-state index in [2.05, 4.69) is 20.9 Å². The van der Waals surface area contributed by atoms with Crippen molar-refractivity contribution in [3.8, 4) is 0 Å². The molecule has 2 aliphatic rings. The summed E-state index contributed by atoms with van der Waals surface area (Å²) < 4.78 is 19.9. The molecule has 0 aromatic heterocycles. The van der Waals surface area contributed by atoms with Gasteiger partial charge >= 0.3 is 5.97 Å². The molecule has 1 saturated heterocycles. The highest BCUT2D eigenvalue weighted by Gasteiger charge is 2.30. The Morgan fingerprint density at radius 1 is 1.13 bits per heavy atom. The summed E-state index contributed by atoms with van der Waals surface area (Å²) in [5, 5.41) is 8.40. The minimum Gasteiger partial charge on any atom is -0.462 e. The van der Waals surface area contributed by atoms with Crippen LogP contribution in [0.15, 0.2) is 36.4 Å². The number of fused-ring (bicyclic) bond motifs is 1. The van der Waals surface area contributed by atoms with Gasteiger partial charge in [0.15, 0.2) is 5.82 Å². The standard InChI is InChI=1S/C27H31Cl2FN4O4/c1-16(35)38-19-8-11-34(12-9-19)13-10-22(26(36)32-21-7-6-20(28)24(29)25(21)30)33-27(37)23-14-17-4-2-3-5-18(17)15-31-23/h2-7,19,22-23,31H,8-15H2,1H3,(H,32,36)(H,33,37)/t22-,23?/m0/s1. The van der Waals surface area contributed by atoms with Crippen LogP contribution in [0.2, 0.25) is 10.0 Å². The van der Waals surface area contributed by atoms with Crippen molar-refractivity contribution in [1.29, 1.82) is 0 Å². The molecule has 2 aromatic rings. The molecule has 2 atom stereocenters. The summed E-state index contributed by atoms with van der Waals surface area (Å²) in [4.78, 5) is 39.9. The van der Waals surface area contributed by atoms with Crippen LogP contribution in [0.25, 0.3) is 0 Å². The molecule has 0 aliphatic carbocycles. The van der Waals surface area contributed by atoms with Crippen LogP contribution in [0, 0.1) is 5.82 Å². The molecule has 204 valence electrons. The number of hydrogen-bond donors (Lipinski definition) is 3. The zero-order chi connectivity index (χ0) is 27.2. The van der Waals surface area contributed by atoms with Crippen molar-refractivity contribution in [3.63, 3.8) is 0 Å². The van der Waals surface area contributed by atoms with Crippen molar-refractivity contribution in [2.24, 2.45) is 0 Å². The van der Waals surface area contributed by atoms with Gasteiger partial charge in [-0.05, 0) is 48.9 Å². The first-order chi connectivity index (χ1) is 18.2. The van der Waals surface area contributed by atoms with E-state index >= 15 is 0 Å². The van der Waals surface area contributed by atoms with E-state index in [-0.39, 0.29) is 33.7 Å². The number of esters is 1. The molecule has 0 radical (unpaired) electrons. The minimum atomic E-state index is -0.915. The number of carbonyl (C=O) groups is 3. The van der Waals surface area contributed by atoms with Gasteiger partial charge in [-0.15, -0.1) is 0 Å². The van der Waals surface area contributed by atoms with Crippen molar-refractivity contribution >= 4 is 46.7 Å². The molecule has 0 spiro atoms. The maximum absolute atomic E-state index is 14.6. The maximum Gasteiger partial charge on any atom is 0.302 e. The van der Waals surface area contributed by atoms with Crippen LogP contribution < -0.4 is 16.0 Å². The summed E-state index contributed by atoms with van der Waals surface area (Å²) in [5.74, 6) is -1.99. The van der Waals surface area contributed by atoms with Crippen molar-refractivity contribution in [1.82, 2.24) is 15.5 Å². The number of ether oxygens (including phenoxy) is 1. The van der Waals surface area contributed by atoms with Crippen LogP contribution in [0.4, 0.5) is 10.1 Å². The van der Waals surface area contributed by atoms with Gasteiger partial charge in [0.05, 0.1) is 21.8 Å². The fourth-order valence-corrected chi connectivity index (χ4v) is 5.13. The number of nitrogens with zero attached hydrogens (tertiary/aromatic N) is 1. The Bertz CT molecular complexity index is 1190. The van der Waals surface area contributed by atoms with Gasteiger partial charge < -0.3 is 25.6 Å². The number of benzene rings is 2. The van der Waals surface area contributed by atoms with E-state index in [0.29, 0.717) is 51.9 Å². The molecule has 1 unspecified atom stereocenters. The Balaban J connectivity index is 1.42. The van der Waals surface area contributed by atoms with E-state index in [0.717, 1.165) is 11.1 Å². The summed E-state index contributed by atoms with van der Waals surface area (Å²) in [6, 6.07) is 9.22. The van der Waals surface area contributed by atoms with Crippen LogP contribution in [0.1, 0.15) is 37.3 Å². The number of hydrogen-bond acceptors (Lipinski definition) is 6. The predicted octanol–water partition coefficient (Wildman–Crippen LogP) is 3.69. The van der Waals surface area contributed by atoms with Gasteiger partial charge in [-0.1, -0.05) is 47.5 Å². The molecule has 2 aromatic carbocycles. The van der Waals surface area contributed by atoms with E-state index in [1.807, 2.05) is 24.3 Å². The molecule has 2 aliphatic heterocycles. The van der Waals surface area contributed by atoms with Crippen LogP contribution in [0.5, 0.6) is 0 Å². The Morgan fingerprint density at radius 3 is 2.55 bits per heavy atom. The lowest BCUT2D eigenvalue weighted by molar-refractivity contribution is -0.148. The summed E-state index contributed by atoms with van der Waals surface area (Å²) in [6.07, 6.45) is 2.09. The van der Waals surface area contributed by atoms with E-state index in [1.54, 1.807) is 0 Å². The number of anilines is 1. The van der Waals surface area contributed by atoms with E-state index in [4.69, 9.17) is 27.9 Å². The zero-order valence-corrected chi connectivity index (χ0v) is 22.6. The minimum absolute atomic E-state index is 0.0350. The van der Waals surface area contributed by atoms with E-state index < -0.39 is 23.8 Å². The number of nitrogens with one attached hydrogen (secondary N) is 3. The second kappa shape index (κ2) is 12.9. The number of rotatable bonds is 8. The SMILES string of the molecule is CC(=O)OC1CCN(CC[C@H](NC(=O)C2Cc3ccccc3CN2)C(=O)Nc2ccc(Cl)c(Cl)c2F)CC1. The van der Waals surface area contributed by atoms with E-state index in [1.165, 1.54) is 19.1 Å². The third-order valence-electron chi connectivity index (χ3n) is 6.93. The Labute approximate surface area is 231 Å². The van der Waals surface area contributed by atoms with Gasteiger partial charge in [-0.25, -0.2) is 4.39 Å². The highest BCUT2D eigenvalue weighted by molar-refractivity contribution is 6.42. The highest BCUT2D eigenvalue weighted by Crippen LogP contribution is 2.30. The van der Waals surface area contributed by atoms with Crippen molar-refractivity contribution < 1.29 is 23.5 Å². The number of piperidine rings is 1. The van der Waals surface area contributed by atoms with Crippen LogP contribution in [-0.2, 0) is 32.1 Å². The van der Waals surface area contributed by atoms with Crippen molar-refractivity contribution in [2.75, 3.05) is 25.0 Å². The number of amides is 2. The fourth-order valence-electron chi connectivity index (χ4n) is 4.82. The monoisotopic (exact) mass is 564 g/mol. The molecule has 0 bridgehead atoms.